The van der Waals surface area contributed by atoms with E-state index < -0.39 is 0 Å². The van der Waals surface area contributed by atoms with Crippen LogP contribution in [0, 0.1) is 5.82 Å². The predicted molar refractivity (Wildman–Crippen MR) is 101 cm³/mol. The first-order valence-electron chi connectivity index (χ1n) is 9.08. The number of nitrogens with two attached hydrogens (primary N) is 1. The maximum absolute atomic E-state index is 13.9. The van der Waals surface area contributed by atoms with E-state index in [1.807, 2.05) is 29.2 Å². The molecule has 3 aromatic rings. The Bertz CT molecular complexity index is 963. The second-order valence-electron chi connectivity index (χ2n) is 6.80. The molecule has 0 saturated carbocycles. The standard InChI is InChI=1S/C21H22FN3O/c22-15-8-9-18-17(12-15)19-16-7-3-2-6-14(16)13-25(11-5-1-4-10-23)21(26)20(19)24-18/h2-3,6-9,12,24H,1,4-5,10-11,13,23H2. The van der Waals surface area contributed by atoms with Gasteiger partial charge in [0, 0.05) is 29.6 Å². The fraction of sp³-hybridized carbons (Fsp3) is 0.286. The molecule has 26 heavy (non-hydrogen) atoms. The van der Waals surface area contributed by atoms with Crippen LogP contribution in [0.15, 0.2) is 42.5 Å². The predicted octanol–water partition coefficient (Wildman–Crippen LogP) is 4.06. The molecule has 5 heteroatoms. The van der Waals surface area contributed by atoms with Crippen LogP contribution in [0.3, 0.4) is 0 Å². The third-order valence-corrected chi connectivity index (χ3v) is 5.04. The number of nitrogens with zero attached hydrogens (tertiary/aromatic N) is 1. The lowest BCUT2D eigenvalue weighted by molar-refractivity contribution is 0.0739. The largest absolute Gasteiger partial charge is 0.350 e. The summed E-state index contributed by atoms with van der Waals surface area (Å²) in [6, 6.07) is 12.6. The first-order chi connectivity index (χ1) is 12.7. The molecule has 4 rings (SSSR count). The van der Waals surface area contributed by atoms with Crippen molar-refractivity contribution < 1.29 is 9.18 Å². The third-order valence-electron chi connectivity index (χ3n) is 5.04. The molecule has 1 aromatic heterocycles. The van der Waals surface area contributed by atoms with Crippen molar-refractivity contribution in [3.8, 4) is 11.1 Å². The first kappa shape index (κ1) is 16.8. The van der Waals surface area contributed by atoms with E-state index in [1.165, 1.54) is 12.1 Å². The fourth-order valence-electron chi connectivity index (χ4n) is 3.75. The Kier molecular flexibility index (Phi) is 4.47. The normalized spacial score (nSPS) is 13.6. The Morgan fingerprint density at radius 1 is 1.12 bits per heavy atom. The van der Waals surface area contributed by atoms with Crippen LogP contribution in [-0.2, 0) is 6.54 Å². The smallest absolute Gasteiger partial charge is 0.271 e. The van der Waals surface area contributed by atoms with Crippen molar-refractivity contribution in [2.75, 3.05) is 13.1 Å². The van der Waals surface area contributed by atoms with Crippen LogP contribution in [0.2, 0.25) is 0 Å². The van der Waals surface area contributed by atoms with Crippen LogP contribution in [0.1, 0.15) is 35.3 Å². The van der Waals surface area contributed by atoms with Gasteiger partial charge in [0.15, 0.2) is 0 Å². The number of unbranched alkanes of at least 4 members (excludes halogenated alkanes) is 2. The molecule has 0 radical (unpaired) electrons. The lowest BCUT2D eigenvalue weighted by Crippen LogP contribution is -2.31. The van der Waals surface area contributed by atoms with Gasteiger partial charge < -0.3 is 15.6 Å². The fourth-order valence-corrected chi connectivity index (χ4v) is 3.75. The van der Waals surface area contributed by atoms with Gasteiger partial charge in [-0.05, 0) is 48.7 Å². The summed E-state index contributed by atoms with van der Waals surface area (Å²) >= 11 is 0. The molecule has 0 fully saturated rings. The molecular formula is C21H22FN3O. The maximum Gasteiger partial charge on any atom is 0.271 e. The number of hydrogen-bond acceptors (Lipinski definition) is 2. The van der Waals surface area contributed by atoms with Gasteiger partial charge in [-0.1, -0.05) is 30.7 Å². The molecule has 1 amide bonds. The summed E-state index contributed by atoms with van der Waals surface area (Å²) in [6.07, 6.45) is 2.90. The second kappa shape index (κ2) is 6.92. The average molecular weight is 351 g/mol. The van der Waals surface area contributed by atoms with E-state index in [9.17, 15) is 9.18 Å². The zero-order valence-electron chi connectivity index (χ0n) is 14.6. The molecule has 1 aliphatic rings. The summed E-state index contributed by atoms with van der Waals surface area (Å²) in [5, 5.41) is 0.755. The minimum Gasteiger partial charge on any atom is -0.350 e. The van der Waals surface area contributed by atoms with Gasteiger partial charge in [-0.15, -0.1) is 0 Å². The zero-order chi connectivity index (χ0) is 18.1. The molecule has 134 valence electrons. The van der Waals surface area contributed by atoms with Gasteiger partial charge in [0.1, 0.15) is 11.5 Å². The van der Waals surface area contributed by atoms with Crippen LogP contribution in [0.5, 0.6) is 0 Å². The second-order valence-corrected chi connectivity index (χ2v) is 6.80. The SMILES string of the molecule is NCCCCCN1Cc2ccccc2-c2c([nH]c3ccc(F)cc23)C1=O. The number of rotatable bonds is 5. The molecule has 0 unspecified atom stereocenters. The van der Waals surface area contributed by atoms with Crippen LogP contribution in [0.25, 0.3) is 22.0 Å². The number of fused-ring (bicyclic) bond motifs is 5. The van der Waals surface area contributed by atoms with Gasteiger partial charge in [-0.2, -0.15) is 0 Å². The van der Waals surface area contributed by atoms with Crippen molar-refractivity contribution in [2.24, 2.45) is 5.73 Å². The number of halogens is 1. The highest BCUT2D eigenvalue weighted by Crippen LogP contribution is 2.38. The van der Waals surface area contributed by atoms with Gasteiger partial charge in [0.2, 0.25) is 0 Å². The third kappa shape index (κ3) is 2.88. The summed E-state index contributed by atoms with van der Waals surface area (Å²) < 4.78 is 13.9. The molecule has 0 saturated heterocycles. The van der Waals surface area contributed by atoms with Crippen molar-refractivity contribution in [1.82, 2.24) is 9.88 Å². The van der Waals surface area contributed by atoms with E-state index in [2.05, 4.69) is 4.98 Å². The van der Waals surface area contributed by atoms with Gasteiger partial charge in [0.25, 0.3) is 5.91 Å². The van der Waals surface area contributed by atoms with Gasteiger partial charge >= 0.3 is 0 Å². The highest BCUT2D eigenvalue weighted by atomic mass is 19.1. The quantitative estimate of drug-likeness (QED) is 0.681. The summed E-state index contributed by atoms with van der Waals surface area (Å²) in [7, 11) is 0. The summed E-state index contributed by atoms with van der Waals surface area (Å²) in [6.45, 7) is 1.93. The van der Waals surface area contributed by atoms with E-state index in [0.29, 0.717) is 25.3 Å². The number of benzene rings is 2. The number of amides is 1. The number of aromatic amines is 1. The number of carbonyl (C=O) groups is 1. The molecule has 2 heterocycles. The van der Waals surface area contributed by atoms with Crippen molar-refractivity contribution in [1.29, 1.82) is 0 Å². The van der Waals surface area contributed by atoms with Gasteiger partial charge in [-0.3, -0.25) is 4.79 Å². The van der Waals surface area contributed by atoms with E-state index in [0.717, 1.165) is 46.9 Å². The Balaban J connectivity index is 1.82. The zero-order valence-corrected chi connectivity index (χ0v) is 14.6. The number of aromatic nitrogens is 1. The molecule has 1 aliphatic heterocycles. The van der Waals surface area contributed by atoms with Gasteiger partial charge in [0.05, 0.1) is 0 Å². The topological polar surface area (TPSA) is 62.1 Å². The molecule has 0 spiro atoms. The van der Waals surface area contributed by atoms with Crippen molar-refractivity contribution >= 4 is 16.8 Å². The molecule has 0 bridgehead atoms. The monoisotopic (exact) mass is 351 g/mol. The highest BCUT2D eigenvalue weighted by molar-refractivity contribution is 6.11. The van der Waals surface area contributed by atoms with Crippen molar-refractivity contribution in [3.05, 3.63) is 59.5 Å². The van der Waals surface area contributed by atoms with E-state index >= 15 is 0 Å². The van der Waals surface area contributed by atoms with Crippen LogP contribution >= 0.6 is 0 Å². The van der Waals surface area contributed by atoms with Crippen molar-refractivity contribution in [2.45, 2.75) is 25.8 Å². The highest BCUT2D eigenvalue weighted by Gasteiger charge is 2.29. The maximum atomic E-state index is 13.9. The molecule has 2 aromatic carbocycles. The van der Waals surface area contributed by atoms with E-state index in [-0.39, 0.29) is 11.7 Å². The molecular weight excluding hydrogens is 329 g/mol. The first-order valence-corrected chi connectivity index (χ1v) is 9.08. The number of nitrogens with one attached hydrogen (secondary N) is 1. The molecule has 0 aliphatic carbocycles. The van der Waals surface area contributed by atoms with Crippen LogP contribution in [-0.4, -0.2) is 28.9 Å². The number of carbonyl (C=O) groups excluding carboxylic acids is 1. The molecule has 4 nitrogen and oxygen atoms in total. The summed E-state index contributed by atoms with van der Waals surface area (Å²) in [5.74, 6) is -0.326. The minimum absolute atomic E-state index is 0.0273. The number of H-pyrrole nitrogens is 1. The van der Waals surface area contributed by atoms with E-state index in [4.69, 9.17) is 5.73 Å². The van der Waals surface area contributed by atoms with E-state index in [1.54, 1.807) is 6.07 Å². The molecule has 3 N–H and O–H groups in total. The van der Waals surface area contributed by atoms with Crippen LogP contribution in [0.4, 0.5) is 4.39 Å². The van der Waals surface area contributed by atoms with Crippen molar-refractivity contribution in [3.63, 3.8) is 0 Å². The Hall–Kier alpha value is -2.66. The summed E-state index contributed by atoms with van der Waals surface area (Å²) in [5.41, 5.74) is 9.79. The lowest BCUT2D eigenvalue weighted by atomic mass is 9.98. The Labute approximate surface area is 151 Å². The number of hydrogen-bond donors (Lipinski definition) is 2. The van der Waals surface area contributed by atoms with Gasteiger partial charge in [-0.25, -0.2) is 4.39 Å². The summed E-state index contributed by atoms with van der Waals surface area (Å²) in [4.78, 5) is 18.3. The Morgan fingerprint density at radius 3 is 2.81 bits per heavy atom. The van der Waals surface area contributed by atoms with Crippen LogP contribution < -0.4 is 5.73 Å². The molecule has 0 atom stereocenters. The Morgan fingerprint density at radius 2 is 1.96 bits per heavy atom. The minimum atomic E-state index is -0.299. The average Bonchev–Trinajstić information content (AvgIpc) is 2.97. The lowest BCUT2D eigenvalue weighted by Gasteiger charge is -2.21.